The Morgan fingerprint density at radius 3 is 2.81 bits per heavy atom. The first-order valence-corrected chi connectivity index (χ1v) is 5.75. The van der Waals surface area contributed by atoms with E-state index in [9.17, 15) is 14.3 Å². The highest BCUT2D eigenvalue weighted by atomic mass is 79.9. The maximum absolute atomic E-state index is 13.0. The van der Waals surface area contributed by atoms with Crippen LogP contribution in [0.3, 0.4) is 0 Å². The van der Waals surface area contributed by atoms with E-state index in [2.05, 4.69) is 21.2 Å². The van der Waals surface area contributed by atoms with Gasteiger partial charge < -0.3 is 10.4 Å². The molecule has 3 nitrogen and oxygen atoms in total. The van der Waals surface area contributed by atoms with Crippen LogP contribution in [0.4, 0.5) is 4.39 Å². The van der Waals surface area contributed by atoms with E-state index in [1.165, 1.54) is 12.1 Å². The topological polar surface area (TPSA) is 49.3 Å². The zero-order valence-corrected chi connectivity index (χ0v) is 10.1. The largest absolute Gasteiger partial charge is 0.481 e. The number of halogens is 2. The molecule has 2 N–H and O–H groups in total. The predicted octanol–water partition coefficient (Wildman–Crippen LogP) is 1.90. The number of rotatable bonds is 2. The van der Waals surface area contributed by atoms with Crippen LogP contribution in [0.5, 0.6) is 0 Å². The van der Waals surface area contributed by atoms with Gasteiger partial charge in [0, 0.05) is 11.0 Å². The number of aliphatic carboxylic acids is 1. The fraction of sp³-hybridized carbons (Fsp3) is 0.364. The van der Waals surface area contributed by atoms with Gasteiger partial charge in [-0.2, -0.15) is 0 Å². The fourth-order valence-corrected chi connectivity index (χ4v) is 2.83. The average Bonchev–Trinajstić information content (AvgIpc) is 2.67. The van der Waals surface area contributed by atoms with E-state index in [0.717, 1.165) is 0 Å². The van der Waals surface area contributed by atoms with Gasteiger partial charge in [0.2, 0.25) is 0 Å². The van der Waals surface area contributed by atoms with Crippen molar-refractivity contribution in [2.45, 2.75) is 11.8 Å². The first-order chi connectivity index (χ1) is 7.56. The zero-order valence-electron chi connectivity index (χ0n) is 8.46. The van der Waals surface area contributed by atoms with Crippen LogP contribution in [0.25, 0.3) is 0 Å². The minimum absolute atomic E-state index is 0.373. The molecule has 1 aliphatic heterocycles. The Morgan fingerprint density at radius 1 is 1.56 bits per heavy atom. The third kappa shape index (κ3) is 1.74. The minimum Gasteiger partial charge on any atom is -0.481 e. The molecule has 0 radical (unpaired) electrons. The Hall–Kier alpha value is -0.940. The second kappa shape index (κ2) is 4.14. The van der Waals surface area contributed by atoms with Gasteiger partial charge in [-0.3, -0.25) is 4.79 Å². The van der Waals surface area contributed by atoms with Gasteiger partial charge in [-0.1, -0.05) is 22.0 Å². The van der Waals surface area contributed by atoms with E-state index in [0.29, 0.717) is 29.5 Å². The van der Waals surface area contributed by atoms with Crippen molar-refractivity contribution >= 4 is 21.9 Å². The van der Waals surface area contributed by atoms with E-state index in [1.807, 2.05) is 0 Å². The molecule has 86 valence electrons. The lowest BCUT2D eigenvalue weighted by atomic mass is 9.80. The van der Waals surface area contributed by atoms with Gasteiger partial charge >= 0.3 is 5.97 Å². The SMILES string of the molecule is O=C(O)C1(c2ccc(F)cc2Br)CCNC1. The molecular formula is C11H11BrFNO2. The molecule has 1 saturated heterocycles. The average molecular weight is 288 g/mol. The monoisotopic (exact) mass is 287 g/mol. The van der Waals surface area contributed by atoms with Crippen LogP contribution in [0.15, 0.2) is 22.7 Å². The summed E-state index contributed by atoms with van der Waals surface area (Å²) in [6, 6.07) is 4.14. The number of benzene rings is 1. The highest BCUT2D eigenvalue weighted by Gasteiger charge is 2.44. The second-order valence-corrected chi connectivity index (χ2v) is 4.79. The number of hydrogen-bond acceptors (Lipinski definition) is 2. The Labute approximate surface area is 101 Å². The number of carboxylic acid groups (broad SMARTS) is 1. The van der Waals surface area contributed by atoms with Crippen LogP contribution in [-0.4, -0.2) is 24.2 Å². The summed E-state index contributed by atoms with van der Waals surface area (Å²) in [6.45, 7) is 1.04. The third-order valence-electron chi connectivity index (χ3n) is 3.01. The maximum Gasteiger partial charge on any atom is 0.315 e. The van der Waals surface area contributed by atoms with Crippen LogP contribution >= 0.6 is 15.9 Å². The lowest BCUT2D eigenvalue weighted by Crippen LogP contribution is -2.38. The number of nitrogens with one attached hydrogen (secondary N) is 1. The second-order valence-electron chi connectivity index (χ2n) is 3.94. The third-order valence-corrected chi connectivity index (χ3v) is 3.67. The van der Waals surface area contributed by atoms with Crippen LogP contribution < -0.4 is 5.32 Å². The standard InChI is InChI=1S/C11H11BrFNO2/c12-9-5-7(13)1-2-8(9)11(10(15)16)3-4-14-6-11/h1-2,5,14H,3-4,6H2,(H,15,16). The summed E-state index contributed by atoms with van der Waals surface area (Å²) in [5.41, 5.74) is -0.307. The highest BCUT2D eigenvalue weighted by molar-refractivity contribution is 9.10. The molecule has 5 heteroatoms. The number of carboxylic acids is 1. The zero-order chi connectivity index (χ0) is 11.8. The highest BCUT2D eigenvalue weighted by Crippen LogP contribution is 2.36. The van der Waals surface area contributed by atoms with Crippen molar-refractivity contribution in [1.29, 1.82) is 0 Å². The molecule has 1 atom stereocenters. The molecule has 0 aromatic heterocycles. The fourth-order valence-electron chi connectivity index (χ4n) is 2.10. The van der Waals surface area contributed by atoms with Crippen molar-refractivity contribution in [1.82, 2.24) is 5.32 Å². The number of carbonyl (C=O) groups is 1. The summed E-state index contributed by atoms with van der Waals surface area (Å²) in [4.78, 5) is 11.4. The predicted molar refractivity (Wildman–Crippen MR) is 60.9 cm³/mol. The number of hydrogen-bond donors (Lipinski definition) is 2. The summed E-state index contributed by atoms with van der Waals surface area (Å²) >= 11 is 3.23. The summed E-state index contributed by atoms with van der Waals surface area (Å²) in [7, 11) is 0. The molecule has 1 aromatic carbocycles. The molecule has 0 spiro atoms. The smallest absolute Gasteiger partial charge is 0.315 e. The van der Waals surface area contributed by atoms with Crippen molar-refractivity contribution in [2.75, 3.05) is 13.1 Å². The Balaban J connectivity index is 2.51. The van der Waals surface area contributed by atoms with Gasteiger partial charge in [0.05, 0.1) is 0 Å². The Kier molecular flexibility index (Phi) is 2.99. The summed E-state index contributed by atoms with van der Waals surface area (Å²) < 4.78 is 13.5. The van der Waals surface area contributed by atoms with Gasteiger partial charge in [-0.05, 0) is 30.7 Å². The molecule has 1 unspecified atom stereocenters. The van der Waals surface area contributed by atoms with Gasteiger partial charge in [0.25, 0.3) is 0 Å². The molecule has 1 aromatic rings. The molecule has 0 bridgehead atoms. The van der Waals surface area contributed by atoms with Gasteiger partial charge in [0.15, 0.2) is 0 Å². The summed E-state index contributed by atoms with van der Waals surface area (Å²) in [6.07, 6.45) is 0.520. The van der Waals surface area contributed by atoms with Crippen molar-refractivity contribution < 1.29 is 14.3 Å². The van der Waals surface area contributed by atoms with Crippen LogP contribution in [0.2, 0.25) is 0 Å². The van der Waals surface area contributed by atoms with E-state index >= 15 is 0 Å². The first-order valence-electron chi connectivity index (χ1n) is 4.96. The lowest BCUT2D eigenvalue weighted by molar-refractivity contribution is -0.143. The van der Waals surface area contributed by atoms with Crippen molar-refractivity contribution in [2.24, 2.45) is 0 Å². The minimum atomic E-state index is -0.938. The van der Waals surface area contributed by atoms with E-state index in [-0.39, 0.29) is 5.82 Å². The van der Waals surface area contributed by atoms with Crippen molar-refractivity contribution in [3.05, 3.63) is 34.1 Å². The summed E-state index contributed by atoms with van der Waals surface area (Å²) in [5, 5.41) is 12.4. The summed E-state index contributed by atoms with van der Waals surface area (Å²) in [5.74, 6) is -1.24. The molecule has 1 heterocycles. The molecule has 16 heavy (non-hydrogen) atoms. The molecule has 1 aliphatic rings. The van der Waals surface area contributed by atoms with Crippen LogP contribution in [-0.2, 0) is 10.2 Å². The maximum atomic E-state index is 13.0. The Bertz CT molecular complexity index is 430. The van der Waals surface area contributed by atoms with E-state index in [1.54, 1.807) is 6.07 Å². The van der Waals surface area contributed by atoms with E-state index in [4.69, 9.17) is 0 Å². The molecule has 0 aliphatic carbocycles. The molecule has 0 amide bonds. The molecule has 0 saturated carbocycles. The van der Waals surface area contributed by atoms with Crippen molar-refractivity contribution in [3.63, 3.8) is 0 Å². The van der Waals surface area contributed by atoms with Crippen LogP contribution in [0, 0.1) is 5.82 Å². The quantitative estimate of drug-likeness (QED) is 0.874. The van der Waals surface area contributed by atoms with E-state index < -0.39 is 11.4 Å². The molecule has 1 fully saturated rings. The Morgan fingerprint density at radius 2 is 2.31 bits per heavy atom. The lowest BCUT2D eigenvalue weighted by Gasteiger charge is -2.24. The molecule has 2 rings (SSSR count). The first kappa shape index (κ1) is 11.5. The van der Waals surface area contributed by atoms with Gasteiger partial charge in [-0.25, -0.2) is 4.39 Å². The normalized spacial score (nSPS) is 24.6. The van der Waals surface area contributed by atoms with Gasteiger partial charge in [0.1, 0.15) is 11.2 Å². The molecular weight excluding hydrogens is 277 g/mol. The van der Waals surface area contributed by atoms with Gasteiger partial charge in [-0.15, -0.1) is 0 Å². The van der Waals surface area contributed by atoms with Crippen LogP contribution in [0.1, 0.15) is 12.0 Å². The van der Waals surface area contributed by atoms with Crippen molar-refractivity contribution in [3.8, 4) is 0 Å².